The fraction of sp³-hybridized carbons (Fsp3) is 0.167. The molecule has 0 aliphatic rings. The summed E-state index contributed by atoms with van der Waals surface area (Å²) in [4.78, 5) is 11.6. The quantitative estimate of drug-likeness (QED) is 0.762. The Morgan fingerprint density at radius 1 is 1.38 bits per heavy atom. The van der Waals surface area contributed by atoms with E-state index in [2.05, 4.69) is 5.32 Å². The van der Waals surface area contributed by atoms with E-state index in [4.69, 9.17) is 0 Å². The summed E-state index contributed by atoms with van der Waals surface area (Å²) in [5.74, 6) is -0.0256. The van der Waals surface area contributed by atoms with E-state index in [1.807, 2.05) is 65.2 Å². The number of hydrogen-bond donors (Lipinski definition) is 1. The highest BCUT2D eigenvalue weighted by molar-refractivity contribution is 5.90. The number of hydrogen-bond acceptors (Lipinski definition) is 1. The maximum absolute atomic E-state index is 11.6. The molecule has 0 saturated carbocycles. The lowest BCUT2D eigenvalue weighted by molar-refractivity contribution is -0.671. The van der Waals surface area contributed by atoms with Gasteiger partial charge in [0.05, 0.1) is 7.05 Å². The second-order valence-electron chi connectivity index (χ2n) is 3.67. The topological polar surface area (TPSA) is 37.9 Å². The minimum Gasteiger partial charge on any atom is -0.323 e. The second-order valence-corrected chi connectivity index (χ2v) is 3.67. The van der Waals surface area contributed by atoms with Crippen molar-refractivity contribution < 1.29 is 9.36 Å². The highest BCUT2D eigenvalue weighted by atomic mass is 16.1. The maximum atomic E-state index is 11.6. The van der Waals surface area contributed by atoms with Gasteiger partial charge in [-0.1, -0.05) is 18.2 Å². The first-order chi connectivity index (χ1) is 7.74. The molecule has 0 radical (unpaired) electrons. The van der Waals surface area contributed by atoms with E-state index in [9.17, 15) is 4.79 Å². The number of nitrogens with one attached hydrogen (secondary N) is 1. The molecule has 0 atom stereocenters. The number of aryl methyl sites for hydroxylation is 1. The zero-order valence-corrected chi connectivity index (χ0v) is 9.13. The molecule has 0 fully saturated rings. The van der Waals surface area contributed by atoms with Crippen LogP contribution in [0.1, 0.15) is 0 Å². The molecule has 1 aromatic carbocycles. The summed E-state index contributed by atoms with van der Waals surface area (Å²) in [7, 11) is 1.92. The van der Waals surface area contributed by atoms with Crippen molar-refractivity contribution in [2.75, 3.05) is 5.32 Å². The number of carbonyl (C=O) groups excluding carboxylic acids is 1. The molecule has 2 rings (SSSR count). The van der Waals surface area contributed by atoms with E-state index in [-0.39, 0.29) is 5.91 Å². The lowest BCUT2D eigenvalue weighted by Gasteiger charge is -2.02. The monoisotopic (exact) mass is 216 g/mol. The first-order valence-electron chi connectivity index (χ1n) is 5.10. The van der Waals surface area contributed by atoms with Gasteiger partial charge >= 0.3 is 0 Å². The van der Waals surface area contributed by atoms with Crippen LogP contribution in [0.3, 0.4) is 0 Å². The molecule has 0 saturated heterocycles. The van der Waals surface area contributed by atoms with Crippen molar-refractivity contribution in [2.45, 2.75) is 6.54 Å². The number of para-hydroxylation sites is 1. The van der Waals surface area contributed by atoms with Gasteiger partial charge in [0.25, 0.3) is 5.91 Å². The molecule has 4 nitrogen and oxygen atoms in total. The average molecular weight is 216 g/mol. The fourth-order valence-corrected chi connectivity index (χ4v) is 1.48. The Morgan fingerprint density at radius 2 is 2.12 bits per heavy atom. The van der Waals surface area contributed by atoms with E-state index < -0.39 is 0 Å². The van der Waals surface area contributed by atoms with Gasteiger partial charge in [-0.15, -0.1) is 0 Å². The SMILES string of the molecule is C[n+]1ccn(CC(=O)Nc2ccccc2)c1. The minimum absolute atomic E-state index is 0.0256. The molecule has 2 aromatic rings. The lowest BCUT2D eigenvalue weighted by atomic mass is 10.3. The Morgan fingerprint density at radius 3 is 2.75 bits per heavy atom. The molecular weight excluding hydrogens is 202 g/mol. The number of amides is 1. The summed E-state index contributed by atoms with van der Waals surface area (Å²) < 4.78 is 3.73. The molecule has 1 N–H and O–H groups in total. The molecule has 1 amide bonds. The van der Waals surface area contributed by atoms with Crippen LogP contribution < -0.4 is 9.88 Å². The van der Waals surface area contributed by atoms with E-state index >= 15 is 0 Å². The third-order valence-corrected chi connectivity index (χ3v) is 2.21. The Hall–Kier alpha value is -2.10. The highest BCUT2D eigenvalue weighted by Crippen LogP contribution is 2.04. The zero-order valence-electron chi connectivity index (χ0n) is 9.13. The van der Waals surface area contributed by atoms with Crippen LogP contribution in [0.2, 0.25) is 0 Å². The summed E-state index contributed by atoms with van der Waals surface area (Å²) in [6, 6.07) is 9.44. The third kappa shape index (κ3) is 2.70. The molecule has 16 heavy (non-hydrogen) atoms. The van der Waals surface area contributed by atoms with Crippen molar-refractivity contribution in [3.8, 4) is 0 Å². The molecule has 1 aromatic heterocycles. The van der Waals surface area contributed by atoms with E-state index in [0.29, 0.717) is 6.54 Å². The van der Waals surface area contributed by atoms with Gasteiger partial charge in [-0.3, -0.25) is 4.79 Å². The Bertz CT molecular complexity index is 476. The lowest BCUT2D eigenvalue weighted by Crippen LogP contribution is -2.25. The fourth-order valence-electron chi connectivity index (χ4n) is 1.48. The minimum atomic E-state index is -0.0256. The van der Waals surface area contributed by atoms with Crippen LogP contribution in [0, 0.1) is 0 Å². The zero-order chi connectivity index (χ0) is 11.4. The highest BCUT2D eigenvalue weighted by Gasteiger charge is 2.07. The number of rotatable bonds is 3. The van der Waals surface area contributed by atoms with E-state index in [0.717, 1.165) is 5.69 Å². The van der Waals surface area contributed by atoms with Crippen LogP contribution in [0.25, 0.3) is 0 Å². The second kappa shape index (κ2) is 4.61. The smallest absolute Gasteiger partial charge is 0.266 e. The van der Waals surface area contributed by atoms with Crippen LogP contribution in [-0.2, 0) is 18.4 Å². The Labute approximate surface area is 94.1 Å². The van der Waals surface area contributed by atoms with Gasteiger partial charge in [-0.2, -0.15) is 0 Å². The largest absolute Gasteiger partial charge is 0.323 e. The van der Waals surface area contributed by atoms with Crippen LogP contribution in [0.4, 0.5) is 5.69 Å². The maximum Gasteiger partial charge on any atom is 0.266 e. The summed E-state index contributed by atoms with van der Waals surface area (Å²) >= 11 is 0. The van der Waals surface area contributed by atoms with Crippen molar-refractivity contribution in [2.24, 2.45) is 7.05 Å². The van der Waals surface area contributed by atoms with Crippen molar-refractivity contribution in [3.05, 3.63) is 49.1 Å². The van der Waals surface area contributed by atoms with Crippen LogP contribution in [0.15, 0.2) is 49.1 Å². The van der Waals surface area contributed by atoms with E-state index in [1.165, 1.54) is 0 Å². The van der Waals surface area contributed by atoms with Crippen LogP contribution in [0.5, 0.6) is 0 Å². The number of imidazole rings is 1. The molecule has 0 aliphatic heterocycles. The molecule has 0 aliphatic carbocycles. The predicted octanol–water partition coefficient (Wildman–Crippen LogP) is 0.951. The number of carbonyl (C=O) groups is 1. The third-order valence-electron chi connectivity index (χ3n) is 2.21. The van der Waals surface area contributed by atoms with Crippen molar-refractivity contribution in [1.82, 2.24) is 4.57 Å². The van der Waals surface area contributed by atoms with Gasteiger partial charge in [0, 0.05) is 5.69 Å². The first-order valence-corrected chi connectivity index (χ1v) is 5.10. The summed E-state index contributed by atoms with van der Waals surface area (Å²) in [6.07, 6.45) is 5.63. The predicted molar refractivity (Wildman–Crippen MR) is 60.7 cm³/mol. The molecule has 0 bridgehead atoms. The molecule has 0 unspecified atom stereocenters. The van der Waals surface area contributed by atoms with Crippen molar-refractivity contribution >= 4 is 11.6 Å². The number of aromatic nitrogens is 2. The molecule has 82 valence electrons. The molecule has 0 spiro atoms. The standard InChI is InChI=1S/C12H13N3O/c1-14-7-8-15(10-14)9-12(16)13-11-5-3-2-4-6-11/h2-8,10H,9H2,1H3/p+1. The molecule has 4 heteroatoms. The van der Waals surface area contributed by atoms with Gasteiger partial charge in [0.2, 0.25) is 6.33 Å². The van der Waals surface area contributed by atoms with Gasteiger partial charge in [-0.25, -0.2) is 9.13 Å². The van der Waals surface area contributed by atoms with Gasteiger partial charge in [-0.05, 0) is 12.1 Å². The molecular formula is C12H14N3O+. The number of nitrogens with zero attached hydrogens (tertiary/aromatic N) is 2. The Kier molecular flexibility index (Phi) is 3.00. The van der Waals surface area contributed by atoms with Crippen LogP contribution >= 0.6 is 0 Å². The summed E-state index contributed by atoms with van der Waals surface area (Å²) in [5.41, 5.74) is 0.823. The number of anilines is 1. The van der Waals surface area contributed by atoms with E-state index in [1.54, 1.807) is 0 Å². The van der Waals surface area contributed by atoms with Crippen LogP contribution in [-0.4, -0.2) is 10.5 Å². The average Bonchev–Trinajstić information content (AvgIpc) is 2.65. The Balaban J connectivity index is 1.95. The normalized spacial score (nSPS) is 10.1. The number of benzene rings is 1. The summed E-state index contributed by atoms with van der Waals surface area (Å²) in [6.45, 7) is 0.329. The van der Waals surface area contributed by atoms with Crippen molar-refractivity contribution in [3.63, 3.8) is 0 Å². The summed E-state index contributed by atoms with van der Waals surface area (Å²) in [5, 5.41) is 2.83. The van der Waals surface area contributed by atoms with Gasteiger partial charge in [0.15, 0.2) is 6.54 Å². The van der Waals surface area contributed by atoms with Gasteiger partial charge < -0.3 is 5.32 Å². The van der Waals surface area contributed by atoms with Crippen molar-refractivity contribution in [1.29, 1.82) is 0 Å². The molecule has 1 heterocycles. The van der Waals surface area contributed by atoms with Gasteiger partial charge in [0.1, 0.15) is 12.4 Å². The first kappa shape index (κ1) is 10.4.